The summed E-state index contributed by atoms with van der Waals surface area (Å²) >= 11 is 3.49. The first-order chi connectivity index (χ1) is 12.5. The molecule has 0 unspecified atom stereocenters. The lowest BCUT2D eigenvalue weighted by molar-refractivity contribution is -0.132. The van der Waals surface area contributed by atoms with E-state index >= 15 is 0 Å². The molecule has 3 aromatic rings. The quantitative estimate of drug-likeness (QED) is 0.483. The lowest BCUT2D eigenvalue weighted by Crippen LogP contribution is -2.04. The summed E-state index contributed by atoms with van der Waals surface area (Å²) in [6.45, 7) is 3.44. The summed E-state index contributed by atoms with van der Waals surface area (Å²) in [4.78, 5) is 20.0. The van der Waals surface area contributed by atoms with E-state index in [0.717, 1.165) is 27.5 Å². The van der Waals surface area contributed by atoms with Crippen LogP contribution in [0.15, 0.2) is 41.1 Å². The first-order valence-electron chi connectivity index (χ1n) is 8.08. The summed E-state index contributed by atoms with van der Waals surface area (Å²) in [5.41, 5.74) is 2.80. The minimum atomic E-state index is -0.421. The molecule has 0 spiro atoms. The van der Waals surface area contributed by atoms with Gasteiger partial charge in [-0.15, -0.1) is 0 Å². The first kappa shape index (κ1) is 18.1. The first-order valence-corrected chi connectivity index (χ1v) is 8.87. The van der Waals surface area contributed by atoms with Gasteiger partial charge in [0.15, 0.2) is 11.5 Å². The summed E-state index contributed by atoms with van der Waals surface area (Å²) in [5, 5.41) is 4.09. The van der Waals surface area contributed by atoms with Crippen LogP contribution < -0.4 is 14.8 Å². The van der Waals surface area contributed by atoms with Gasteiger partial charge in [0.05, 0.1) is 12.6 Å². The van der Waals surface area contributed by atoms with Crippen LogP contribution in [0, 0.1) is 0 Å². The van der Waals surface area contributed by atoms with E-state index in [-0.39, 0.29) is 0 Å². The maximum Gasteiger partial charge on any atom is 0.308 e. The number of ether oxygens (including phenoxy) is 2. The molecule has 0 aliphatic heterocycles. The Morgan fingerprint density at radius 1 is 1.19 bits per heavy atom. The van der Waals surface area contributed by atoms with Gasteiger partial charge >= 0.3 is 5.97 Å². The number of aromatic nitrogens is 2. The zero-order valence-electron chi connectivity index (χ0n) is 14.7. The molecule has 7 heteroatoms. The van der Waals surface area contributed by atoms with Crippen LogP contribution in [-0.4, -0.2) is 23.0 Å². The van der Waals surface area contributed by atoms with Crippen LogP contribution in [-0.2, 0) is 11.2 Å². The van der Waals surface area contributed by atoms with Gasteiger partial charge in [0.25, 0.3) is 0 Å². The van der Waals surface area contributed by atoms with Crippen molar-refractivity contribution in [3.05, 3.63) is 46.7 Å². The van der Waals surface area contributed by atoms with Crippen molar-refractivity contribution in [3.8, 4) is 11.5 Å². The fourth-order valence-electron chi connectivity index (χ4n) is 2.66. The fourth-order valence-corrected chi connectivity index (χ4v) is 3.07. The Morgan fingerprint density at radius 3 is 2.69 bits per heavy atom. The van der Waals surface area contributed by atoms with Gasteiger partial charge in [-0.25, -0.2) is 9.97 Å². The Hall–Kier alpha value is -2.67. The largest absolute Gasteiger partial charge is 0.493 e. The maximum atomic E-state index is 11.4. The van der Waals surface area contributed by atoms with Crippen LogP contribution >= 0.6 is 15.9 Å². The van der Waals surface area contributed by atoms with Gasteiger partial charge in [0.2, 0.25) is 0 Å². The number of nitrogens with zero attached hydrogens (tertiary/aromatic N) is 2. The summed E-state index contributed by atoms with van der Waals surface area (Å²) in [6.07, 6.45) is 2.36. The number of hydrogen-bond acceptors (Lipinski definition) is 6. The predicted molar refractivity (Wildman–Crippen MR) is 104 cm³/mol. The van der Waals surface area contributed by atoms with Crippen LogP contribution in [0.4, 0.5) is 11.5 Å². The summed E-state index contributed by atoms with van der Waals surface area (Å²) in [7, 11) is 1.52. The van der Waals surface area contributed by atoms with E-state index in [1.54, 1.807) is 12.1 Å². The second kappa shape index (κ2) is 7.70. The number of nitrogens with one attached hydrogen (secondary N) is 1. The number of hydrogen-bond donors (Lipinski definition) is 1. The smallest absolute Gasteiger partial charge is 0.308 e. The molecule has 134 valence electrons. The number of anilines is 2. The number of rotatable bonds is 5. The zero-order valence-corrected chi connectivity index (χ0v) is 16.3. The molecule has 0 aliphatic rings. The molecule has 0 fully saturated rings. The van der Waals surface area contributed by atoms with E-state index < -0.39 is 5.97 Å². The zero-order chi connectivity index (χ0) is 18.7. The fraction of sp³-hybridized carbons (Fsp3) is 0.211. The second-order valence-electron chi connectivity index (χ2n) is 5.62. The van der Waals surface area contributed by atoms with Crippen molar-refractivity contribution in [1.29, 1.82) is 0 Å². The number of halogens is 1. The molecule has 0 saturated heterocycles. The Morgan fingerprint density at radius 2 is 2.00 bits per heavy atom. The van der Waals surface area contributed by atoms with Gasteiger partial charge < -0.3 is 14.8 Å². The number of esters is 1. The SMILES string of the molecule is CCc1cc(Br)ccc1Nc1ncnc2cc(OC)c(OC(C)=O)cc12. The third kappa shape index (κ3) is 3.77. The van der Waals surface area contributed by atoms with Crippen molar-refractivity contribution >= 4 is 44.3 Å². The standard InChI is InChI=1S/C19H18BrN3O3/c1-4-12-7-13(20)5-6-15(12)23-19-14-8-18(26-11(2)24)17(25-3)9-16(14)21-10-22-19/h5-10H,4H2,1-3H3,(H,21,22,23). The molecule has 0 amide bonds. The van der Waals surface area contributed by atoms with E-state index in [1.165, 1.54) is 20.4 Å². The summed E-state index contributed by atoms with van der Waals surface area (Å²) in [5.74, 6) is 0.977. The van der Waals surface area contributed by atoms with Crippen molar-refractivity contribution in [2.45, 2.75) is 20.3 Å². The van der Waals surface area contributed by atoms with Crippen molar-refractivity contribution in [3.63, 3.8) is 0 Å². The van der Waals surface area contributed by atoms with E-state index in [2.05, 4.69) is 44.2 Å². The third-order valence-corrected chi connectivity index (χ3v) is 4.37. The Labute approximate surface area is 159 Å². The highest BCUT2D eigenvalue weighted by Gasteiger charge is 2.14. The minimum absolute atomic E-state index is 0.330. The van der Waals surface area contributed by atoms with Gasteiger partial charge in [-0.3, -0.25) is 4.79 Å². The van der Waals surface area contributed by atoms with E-state index in [1.807, 2.05) is 12.1 Å². The Balaban J connectivity index is 2.10. The highest BCUT2D eigenvalue weighted by molar-refractivity contribution is 9.10. The molecule has 0 atom stereocenters. The van der Waals surface area contributed by atoms with Crippen molar-refractivity contribution < 1.29 is 14.3 Å². The molecule has 1 heterocycles. The van der Waals surface area contributed by atoms with Gasteiger partial charge in [-0.2, -0.15) is 0 Å². The van der Waals surface area contributed by atoms with Crippen LogP contribution in [0.5, 0.6) is 11.5 Å². The molecule has 6 nitrogen and oxygen atoms in total. The number of carbonyl (C=O) groups is 1. The average Bonchev–Trinajstić information content (AvgIpc) is 2.62. The molecule has 0 saturated carbocycles. The number of methoxy groups -OCH3 is 1. The molecule has 1 aromatic heterocycles. The molecule has 2 aromatic carbocycles. The van der Waals surface area contributed by atoms with Crippen molar-refractivity contribution in [2.75, 3.05) is 12.4 Å². The van der Waals surface area contributed by atoms with E-state index in [4.69, 9.17) is 9.47 Å². The molecular weight excluding hydrogens is 398 g/mol. The summed E-state index contributed by atoms with van der Waals surface area (Å²) < 4.78 is 11.6. The molecule has 0 radical (unpaired) electrons. The third-order valence-electron chi connectivity index (χ3n) is 3.88. The van der Waals surface area contributed by atoms with Crippen LogP contribution in [0.25, 0.3) is 10.9 Å². The van der Waals surface area contributed by atoms with E-state index in [0.29, 0.717) is 22.8 Å². The normalized spacial score (nSPS) is 10.6. The van der Waals surface area contributed by atoms with Crippen LogP contribution in [0.1, 0.15) is 19.4 Å². The molecule has 0 aliphatic carbocycles. The molecule has 3 rings (SSSR count). The molecule has 1 N–H and O–H groups in total. The highest BCUT2D eigenvalue weighted by Crippen LogP contribution is 2.35. The lowest BCUT2D eigenvalue weighted by Gasteiger charge is -2.14. The van der Waals surface area contributed by atoms with Gasteiger partial charge in [0.1, 0.15) is 12.1 Å². The number of benzene rings is 2. The highest BCUT2D eigenvalue weighted by atomic mass is 79.9. The predicted octanol–water partition coefficient (Wildman–Crippen LogP) is 4.63. The Kier molecular flexibility index (Phi) is 5.37. The van der Waals surface area contributed by atoms with Crippen molar-refractivity contribution in [2.24, 2.45) is 0 Å². The molecular formula is C19H18BrN3O3. The Bertz CT molecular complexity index is 976. The maximum absolute atomic E-state index is 11.4. The van der Waals surface area contributed by atoms with Gasteiger partial charge in [-0.1, -0.05) is 22.9 Å². The number of aryl methyl sites for hydroxylation is 1. The van der Waals surface area contributed by atoms with Gasteiger partial charge in [0, 0.05) is 28.5 Å². The second-order valence-corrected chi connectivity index (χ2v) is 6.53. The monoisotopic (exact) mass is 415 g/mol. The van der Waals surface area contributed by atoms with Crippen LogP contribution in [0.3, 0.4) is 0 Å². The molecule has 0 bridgehead atoms. The van der Waals surface area contributed by atoms with Crippen molar-refractivity contribution in [1.82, 2.24) is 9.97 Å². The minimum Gasteiger partial charge on any atom is -0.493 e. The van der Waals surface area contributed by atoms with Gasteiger partial charge in [-0.05, 0) is 36.2 Å². The number of fused-ring (bicyclic) bond motifs is 1. The molecule has 26 heavy (non-hydrogen) atoms. The van der Waals surface area contributed by atoms with Crippen LogP contribution in [0.2, 0.25) is 0 Å². The number of carbonyl (C=O) groups excluding carboxylic acids is 1. The summed E-state index contributed by atoms with van der Waals surface area (Å²) in [6, 6.07) is 9.47. The topological polar surface area (TPSA) is 73.3 Å². The average molecular weight is 416 g/mol. The van der Waals surface area contributed by atoms with E-state index in [9.17, 15) is 4.79 Å². The lowest BCUT2D eigenvalue weighted by atomic mass is 10.1.